The smallest absolute Gasteiger partial charge is 0.276 e. The number of hydrogen-bond acceptors (Lipinski definition) is 5. The minimum absolute atomic E-state index is 0.0745. The van der Waals surface area contributed by atoms with Crippen molar-refractivity contribution >= 4 is 5.91 Å². The molecule has 3 heterocycles. The van der Waals surface area contributed by atoms with Crippen molar-refractivity contribution in [2.75, 3.05) is 26.2 Å². The van der Waals surface area contributed by atoms with Crippen LogP contribution >= 0.6 is 0 Å². The molecule has 0 bridgehead atoms. The summed E-state index contributed by atoms with van der Waals surface area (Å²) in [6, 6.07) is 10.4. The van der Waals surface area contributed by atoms with Crippen molar-refractivity contribution in [1.82, 2.24) is 25.2 Å². The average Bonchev–Trinajstić information content (AvgIpc) is 3.41. The number of rotatable bonds is 6. The summed E-state index contributed by atoms with van der Waals surface area (Å²) >= 11 is 0. The van der Waals surface area contributed by atoms with Crippen LogP contribution in [0.25, 0.3) is 0 Å². The molecule has 1 atom stereocenters. The third-order valence-electron chi connectivity index (χ3n) is 5.36. The molecule has 1 aromatic heterocycles. The van der Waals surface area contributed by atoms with Gasteiger partial charge < -0.3 is 15.0 Å². The molecule has 1 unspecified atom stereocenters. The van der Waals surface area contributed by atoms with Gasteiger partial charge in [0.2, 0.25) is 0 Å². The fourth-order valence-corrected chi connectivity index (χ4v) is 3.84. The lowest BCUT2D eigenvalue weighted by molar-refractivity contribution is 0.0503. The van der Waals surface area contributed by atoms with Gasteiger partial charge in [-0.1, -0.05) is 35.5 Å². The molecule has 2 aromatic rings. The van der Waals surface area contributed by atoms with Gasteiger partial charge in [-0.05, 0) is 44.3 Å². The Labute approximate surface area is 159 Å². The SMILES string of the molecule is O=C(c1cn(C2CCNCC2)nn1)N(Cc1ccccc1)CC1CCCO1. The van der Waals surface area contributed by atoms with Crippen molar-refractivity contribution in [3.63, 3.8) is 0 Å². The molecule has 1 N–H and O–H groups in total. The van der Waals surface area contributed by atoms with Gasteiger partial charge >= 0.3 is 0 Å². The Balaban J connectivity index is 1.49. The fraction of sp³-hybridized carbons (Fsp3) is 0.550. The molecule has 2 aliphatic rings. The van der Waals surface area contributed by atoms with Crippen LogP contribution in [0.15, 0.2) is 36.5 Å². The summed E-state index contributed by atoms with van der Waals surface area (Å²) < 4.78 is 7.63. The normalized spacial score (nSPS) is 20.7. The Morgan fingerprint density at radius 3 is 2.78 bits per heavy atom. The Hall–Kier alpha value is -2.25. The number of piperidine rings is 1. The zero-order valence-corrected chi connectivity index (χ0v) is 15.6. The predicted molar refractivity (Wildman–Crippen MR) is 101 cm³/mol. The van der Waals surface area contributed by atoms with Gasteiger partial charge in [-0.3, -0.25) is 4.79 Å². The van der Waals surface area contributed by atoms with Crippen molar-refractivity contribution in [1.29, 1.82) is 0 Å². The van der Waals surface area contributed by atoms with E-state index in [1.165, 1.54) is 0 Å². The van der Waals surface area contributed by atoms with Gasteiger partial charge in [0.05, 0.1) is 18.3 Å². The van der Waals surface area contributed by atoms with E-state index in [0.29, 0.717) is 24.8 Å². The highest BCUT2D eigenvalue weighted by Crippen LogP contribution is 2.19. The highest BCUT2D eigenvalue weighted by Gasteiger charge is 2.26. The van der Waals surface area contributed by atoms with Crippen LogP contribution in [-0.4, -0.2) is 58.1 Å². The van der Waals surface area contributed by atoms with Gasteiger partial charge in [0, 0.05) is 19.7 Å². The molecule has 0 spiro atoms. The molecule has 1 amide bonds. The molecule has 0 radical (unpaired) electrons. The van der Waals surface area contributed by atoms with E-state index in [-0.39, 0.29) is 12.0 Å². The van der Waals surface area contributed by atoms with Gasteiger partial charge in [0.25, 0.3) is 5.91 Å². The van der Waals surface area contributed by atoms with E-state index in [4.69, 9.17) is 4.74 Å². The average molecular weight is 369 g/mol. The lowest BCUT2D eigenvalue weighted by Gasteiger charge is -2.25. The van der Waals surface area contributed by atoms with Gasteiger partial charge in [0.15, 0.2) is 5.69 Å². The first-order valence-corrected chi connectivity index (χ1v) is 9.87. The van der Waals surface area contributed by atoms with E-state index in [0.717, 1.165) is 50.9 Å². The number of ether oxygens (including phenoxy) is 1. The van der Waals surface area contributed by atoms with Gasteiger partial charge in [0.1, 0.15) is 0 Å². The Bertz CT molecular complexity index is 736. The summed E-state index contributed by atoms with van der Waals surface area (Å²) in [6.07, 6.45) is 6.01. The molecule has 7 nitrogen and oxygen atoms in total. The maximum absolute atomic E-state index is 13.2. The number of benzene rings is 1. The van der Waals surface area contributed by atoms with E-state index >= 15 is 0 Å². The molecular formula is C20H27N5O2. The van der Waals surface area contributed by atoms with Crippen LogP contribution in [-0.2, 0) is 11.3 Å². The van der Waals surface area contributed by atoms with Crippen LogP contribution in [0.5, 0.6) is 0 Å². The van der Waals surface area contributed by atoms with Crippen molar-refractivity contribution in [2.45, 2.75) is 44.4 Å². The first-order valence-electron chi connectivity index (χ1n) is 9.87. The molecule has 7 heteroatoms. The van der Waals surface area contributed by atoms with Crippen molar-refractivity contribution in [3.05, 3.63) is 47.8 Å². The van der Waals surface area contributed by atoms with Gasteiger partial charge in [-0.25, -0.2) is 4.68 Å². The minimum atomic E-state index is -0.0745. The summed E-state index contributed by atoms with van der Waals surface area (Å²) in [7, 11) is 0. The van der Waals surface area contributed by atoms with Crippen LogP contribution in [0, 0.1) is 0 Å². The zero-order chi connectivity index (χ0) is 18.5. The highest BCUT2D eigenvalue weighted by molar-refractivity contribution is 5.91. The summed E-state index contributed by atoms with van der Waals surface area (Å²) in [5.74, 6) is -0.0745. The molecule has 2 fully saturated rings. The molecule has 0 saturated carbocycles. The number of amides is 1. The Morgan fingerprint density at radius 2 is 2.04 bits per heavy atom. The van der Waals surface area contributed by atoms with E-state index in [2.05, 4.69) is 15.6 Å². The highest BCUT2D eigenvalue weighted by atomic mass is 16.5. The van der Waals surface area contributed by atoms with E-state index in [9.17, 15) is 4.79 Å². The molecule has 0 aliphatic carbocycles. The van der Waals surface area contributed by atoms with Crippen LogP contribution in [0.3, 0.4) is 0 Å². The second-order valence-electron chi connectivity index (χ2n) is 7.37. The molecule has 4 rings (SSSR count). The molecule has 2 saturated heterocycles. The second-order valence-corrected chi connectivity index (χ2v) is 7.37. The van der Waals surface area contributed by atoms with Gasteiger partial charge in [-0.15, -0.1) is 5.10 Å². The topological polar surface area (TPSA) is 72.3 Å². The molecule has 1 aromatic carbocycles. The Kier molecular flexibility index (Phi) is 5.79. The molecule has 27 heavy (non-hydrogen) atoms. The number of nitrogens with one attached hydrogen (secondary N) is 1. The van der Waals surface area contributed by atoms with E-state index in [1.807, 2.05) is 46.1 Å². The lowest BCUT2D eigenvalue weighted by atomic mass is 10.1. The van der Waals surface area contributed by atoms with Crippen molar-refractivity contribution in [3.8, 4) is 0 Å². The third-order valence-corrected chi connectivity index (χ3v) is 5.36. The van der Waals surface area contributed by atoms with Crippen molar-refractivity contribution in [2.24, 2.45) is 0 Å². The summed E-state index contributed by atoms with van der Waals surface area (Å²) in [6.45, 7) is 3.89. The van der Waals surface area contributed by atoms with Crippen LogP contribution < -0.4 is 5.32 Å². The molecule has 2 aliphatic heterocycles. The van der Waals surface area contributed by atoms with Crippen LogP contribution in [0.4, 0.5) is 0 Å². The fourth-order valence-electron chi connectivity index (χ4n) is 3.84. The zero-order valence-electron chi connectivity index (χ0n) is 15.6. The minimum Gasteiger partial charge on any atom is -0.376 e. The Morgan fingerprint density at radius 1 is 1.22 bits per heavy atom. The summed E-state index contributed by atoms with van der Waals surface area (Å²) in [4.78, 5) is 15.0. The monoisotopic (exact) mass is 369 g/mol. The van der Waals surface area contributed by atoms with Crippen LogP contribution in [0.1, 0.15) is 47.8 Å². The predicted octanol–water partition coefficient (Wildman–Crippen LogP) is 2.02. The number of carbonyl (C=O) groups is 1. The van der Waals surface area contributed by atoms with E-state index in [1.54, 1.807) is 0 Å². The number of hydrogen-bond donors (Lipinski definition) is 1. The summed E-state index contributed by atoms with van der Waals surface area (Å²) in [5, 5.41) is 11.8. The first-order chi connectivity index (χ1) is 13.3. The third kappa shape index (κ3) is 4.54. The first kappa shape index (κ1) is 18.1. The van der Waals surface area contributed by atoms with Crippen molar-refractivity contribution < 1.29 is 9.53 Å². The molecular weight excluding hydrogens is 342 g/mol. The van der Waals surface area contributed by atoms with Crippen LogP contribution in [0.2, 0.25) is 0 Å². The quantitative estimate of drug-likeness (QED) is 0.843. The largest absolute Gasteiger partial charge is 0.376 e. The number of nitrogens with zero attached hydrogens (tertiary/aromatic N) is 4. The molecule has 144 valence electrons. The lowest BCUT2D eigenvalue weighted by Crippen LogP contribution is -2.37. The van der Waals surface area contributed by atoms with E-state index < -0.39 is 0 Å². The maximum Gasteiger partial charge on any atom is 0.276 e. The summed E-state index contributed by atoms with van der Waals surface area (Å²) in [5.41, 5.74) is 1.53. The number of carbonyl (C=O) groups excluding carboxylic acids is 1. The van der Waals surface area contributed by atoms with Gasteiger partial charge in [-0.2, -0.15) is 0 Å². The second kappa shape index (κ2) is 8.63. The number of aromatic nitrogens is 3. The maximum atomic E-state index is 13.2. The standard InChI is InChI=1S/C20H27N5O2/c26-20(19-15-25(23-22-19)17-8-10-21-11-9-17)24(14-18-7-4-12-27-18)13-16-5-2-1-3-6-16/h1-3,5-6,15,17-18,21H,4,7-14H2.